The van der Waals surface area contributed by atoms with Gasteiger partial charge >= 0.3 is 5.97 Å². The molecule has 0 aliphatic heterocycles. The van der Waals surface area contributed by atoms with Crippen molar-refractivity contribution in [3.8, 4) is 0 Å². The van der Waals surface area contributed by atoms with E-state index in [9.17, 15) is 4.79 Å². The van der Waals surface area contributed by atoms with E-state index in [2.05, 4.69) is 13.8 Å². The van der Waals surface area contributed by atoms with Crippen molar-refractivity contribution in [3.63, 3.8) is 0 Å². The second kappa shape index (κ2) is 11.3. The molecule has 0 saturated carbocycles. The zero-order chi connectivity index (χ0) is 13.8. The molecule has 1 unspecified atom stereocenters. The topological polar surface area (TPSA) is 37.3 Å². The molecule has 0 aliphatic rings. The van der Waals surface area contributed by atoms with Gasteiger partial charge in [-0.15, -0.1) is 0 Å². The fourth-order valence-corrected chi connectivity index (χ4v) is 2.21. The Hall–Kier alpha value is -0.790. The van der Waals surface area contributed by atoms with Gasteiger partial charge in [-0.25, -0.2) is 4.79 Å². The highest BCUT2D eigenvalue weighted by Gasteiger charge is 2.08. The molecule has 106 valence electrons. The number of aliphatic carboxylic acids is 1. The average molecular weight is 254 g/mol. The van der Waals surface area contributed by atoms with Gasteiger partial charge in [0.15, 0.2) is 0 Å². The van der Waals surface area contributed by atoms with E-state index >= 15 is 0 Å². The predicted molar refractivity (Wildman–Crippen MR) is 77.8 cm³/mol. The van der Waals surface area contributed by atoms with Gasteiger partial charge in [0.05, 0.1) is 0 Å². The van der Waals surface area contributed by atoms with Gasteiger partial charge in [0.25, 0.3) is 0 Å². The molecule has 0 fully saturated rings. The molecule has 0 aromatic rings. The van der Waals surface area contributed by atoms with Gasteiger partial charge in [0.2, 0.25) is 0 Å². The molecule has 0 spiro atoms. The summed E-state index contributed by atoms with van der Waals surface area (Å²) in [5, 5.41) is 8.93. The number of hydrogen-bond acceptors (Lipinski definition) is 1. The van der Waals surface area contributed by atoms with E-state index in [4.69, 9.17) is 5.11 Å². The van der Waals surface area contributed by atoms with Gasteiger partial charge < -0.3 is 5.11 Å². The Morgan fingerprint density at radius 3 is 2.11 bits per heavy atom. The van der Waals surface area contributed by atoms with Crippen LogP contribution in [0.1, 0.15) is 78.6 Å². The number of carboxylic acid groups (broad SMARTS) is 1. The van der Waals surface area contributed by atoms with Crippen LogP contribution in [0.3, 0.4) is 0 Å². The molecule has 0 aromatic carbocycles. The molecule has 0 saturated heterocycles. The Morgan fingerprint density at radius 1 is 1.00 bits per heavy atom. The first-order chi connectivity index (χ1) is 8.61. The van der Waals surface area contributed by atoms with Gasteiger partial charge in [-0.1, -0.05) is 64.9 Å². The first-order valence-corrected chi connectivity index (χ1v) is 7.53. The largest absolute Gasteiger partial charge is 0.478 e. The van der Waals surface area contributed by atoms with E-state index in [-0.39, 0.29) is 0 Å². The summed E-state index contributed by atoms with van der Waals surface area (Å²) in [7, 11) is 0. The van der Waals surface area contributed by atoms with E-state index in [0.717, 1.165) is 12.8 Å². The fourth-order valence-electron chi connectivity index (χ4n) is 2.21. The predicted octanol–water partition coefficient (Wildman–Crippen LogP) is 5.18. The van der Waals surface area contributed by atoms with Crippen LogP contribution in [0.4, 0.5) is 0 Å². The minimum atomic E-state index is -0.775. The van der Waals surface area contributed by atoms with Crippen LogP contribution in [0.15, 0.2) is 11.6 Å². The molecule has 2 nitrogen and oxygen atoms in total. The SMILES string of the molecule is CCCCCCCC(C=C(C)C(=O)O)CCCC. The van der Waals surface area contributed by atoms with Crippen molar-refractivity contribution < 1.29 is 9.90 Å². The molecule has 0 bridgehead atoms. The Morgan fingerprint density at radius 2 is 1.56 bits per heavy atom. The summed E-state index contributed by atoms with van der Waals surface area (Å²) >= 11 is 0. The molecular weight excluding hydrogens is 224 g/mol. The lowest BCUT2D eigenvalue weighted by atomic mass is 9.93. The normalized spacial score (nSPS) is 13.6. The average Bonchev–Trinajstić information content (AvgIpc) is 2.34. The molecule has 0 amide bonds. The van der Waals surface area contributed by atoms with Crippen LogP contribution >= 0.6 is 0 Å². The number of hydrogen-bond donors (Lipinski definition) is 1. The van der Waals surface area contributed by atoms with E-state index in [0.29, 0.717) is 11.5 Å². The third kappa shape index (κ3) is 9.26. The van der Waals surface area contributed by atoms with Crippen LogP contribution < -0.4 is 0 Å². The number of rotatable bonds is 11. The van der Waals surface area contributed by atoms with Gasteiger partial charge in [-0.05, 0) is 25.7 Å². The lowest BCUT2D eigenvalue weighted by molar-refractivity contribution is -0.132. The van der Waals surface area contributed by atoms with Crippen LogP contribution in [0.5, 0.6) is 0 Å². The second-order valence-electron chi connectivity index (χ2n) is 5.26. The third-order valence-corrected chi connectivity index (χ3v) is 3.43. The molecule has 0 radical (unpaired) electrons. The van der Waals surface area contributed by atoms with E-state index in [1.807, 2.05) is 6.08 Å². The maximum Gasteiger partial charge on any atom is 0.330 e. The number of carboxylic acids is 1. The third-order valence-electron chi connectivity index (χ3n) is 3.43. The maximum atomic E-state index is 10.9. The summed E-state index contributed by atoms with van der Waals surface area (Å²) < 4.78 is 0. The lowest BCUT2D eigenvalue weighted by Crippen LogP contribution is -2.03. The summed E-state index contributed by atoms with van der Waals surface area (Å²) in [5.74, 6) is -0.315. The van der Waals surface area contributed by atoms with Crippen LogP contribution in [0, 0.1) is 5.92 Å². The number of unbranched alkanes of at least 4 members (excludes halogenated alkanes) is 5. The smallest absolute Gasteiger partial charge is 0.330 e. The number of allylic oxidation sites excluding steroid dienone is 1. The summed E-state index contributed by atoms with van der Waals surface area (Å²) in [6.07, 6.45) is 13.1. The van der Waals surface area contributed by atoms with Crippen molar-refractivity contribution in [1.29, 1.82) is 0 Å². The molecule has 18 heavy (non-hydrogen) atoms. The molecule has 1 N–H and O–H groups in total. The highest BCUT2D eigenvalue weighted by molar-refractivity contribution is 5.85. The Bertz CT molecular complexity index is 243. The Kier molecular flexibility index (Phi) is 10.8. The van der Waals surface area contributed by atoms with Crippen LogP contribution in [0.2, 0.25) is 0 Å². The molecule has 0 aliphatic carbocycles. The molecule has 0 aromatic heterocycles. The van der Waals surface area contributed by atoms with Crippen molar-refractivity contribution in [2.45, 2.75) is 78.6 Å². The molecule has 0 heterocycles. The van der Waals surface area contributed by atoms with Crippen molar-refractivity contribution in [2.75, 3.05) is 0 Å². The highest BCUT2D eigenvalue weighted by Crippen LogP contribution is 2.20. The molecule has 1 atom stereocenters. The molecular formula is C16H30O2. The Labute approximate surface area is 112 Å². The maximum absolute atomic E-state index is 10.9. The van der Waals surface area contributed by atoms with Gasteiger partial charge in [0.1, 0.15) is 0 Å². The van der Waals surface area contributed by atoms with E-state index in [1.54, 1.807) is 6.92 Å². The van der Waals surface area contributed by atoms with Gasteiger partial charge in [0, 0.05) is 5.57 Å². The lowest BCUT2D eigenvalue weighted by Gasteiger charge is -2.13. The molecule has 2 heteroatoms. The quantitative estimate of drug-likeness (QED) is 0.407. The van der Waals surface area contributed by atoms with Gasteiger partial charge in [-0.3, -0.25) is 0 Å². The first-order valence-electron chi connectivity index (χ1n) is 7.53. The highest BCUT2D eigenvalue weighted by atomic mass is 16.4. The monoisotopic (exact) mass is 254 g/mol. The number of carbonyl (C=O) groups is 1. The zero-order valence-corrected chi connectivity index (χ0v) is 12.4. The zero-order valence-electron chi connectivity index (χ0n) is 12.4. The standard InChI is InChI=1S/C16H30O2/c1-4-6-8-9-10-12-15(11-7-5-2)13-14(3)16(17)18/h13,15H,4-12H2,1-3H3,(H,17,18). The van der Waals surface area contributed by atoms with Crippen molar-refractivity contribution >= 4 is 5.97 Å². The first kappa shape index (κ1) is 17.2. The van der Waals surface area contributed by atoms with E-state index in [1.165, 1.54) is 44.9 Å². The van der Waals surface area contributed by atoms with Crippen molar-refractivity contribution in [3.05, 3.63) is 11.6 Å². The Balaban J connectivity index is 4.06. The summed E-state index contributed by atoms with van der Waals surface area (Å²) in [6.45, 7) is 6.12. The minimum absolute atomic E-state index is 0.461. The summed E-state index contributed by atoms with van der Waals surface area (Å²) in [6, 6.07) is 0. The summed E-state index contributed by atoms with van der Waals surface area (Å²) in [4.78, 5) is 10.9. The van der Waals surface area contributed by atoms with Crippen molar-refractivity contribution in [1.82, 2.24) is 0 Å². The summed E-state index contributed by atoms with van der Waals surface area (Å²) in [5.41, 5.74) is 0.504. The van der Waals surface area contributed by atoms with Crippen LogP contribution in [0.25, 0.3) is 0 Å². The van der Waals surface area contributed by atoms with Gasteiger partial charge in [-0.2, -0.15) is 0 Å². The van der Waals surface area contributed by atoms with Crippen LogP contribution in [-0.2, 0) is 4.79 Å². The fraction of sp³-hybridized carbons (Fsp3) is 0.812. The second-order valence-corrected chi connectivity index (χ2v) is 5.26. The minimum Gasteiger partial charge on any atom is -0.478 e. The van der Waals surface area contributed by atoms with Crippen LogP contribution in [-0.4, -0.2) is 11.1 Å². The van der Waals surface area contributed by atoms with Crippen molar-refractivity contribution in [2.24, 2.45) is 5.92 Å². The molecule has 0 rings (SSSR count). The van der Waals surface area contributed by atoms with E-state index < -0.39 is 5.97 Å².